The molecule has 2 fully saturated rings. The first-order chi connectivity index (χ1) is 11.2. The van der Waals surface area contributed by atoms with Gasteiger partial charge in [0.25, 0.3) is 0 Å². The largest absolute Gasteiger partial charge is 0.462 e. The molecule has 2 nitrogen and oxygen atoms in total. The Labute approximate surface area is 148 Å². The second-order valence-electron chi connectivity index (χ2n) is 9.04. The summed E-state index contributed by atoms with van der Waals surface area (Å²) in [5.74, 6) is 1.24. The average Bonchev–Trinajstić information content (AvgIpc) is 2.45. The van der Waals surface area contributed by atoms with Crippen LogP contribution in [0.3, 0.4) is 0 Å². The third-order valence-electron chi connectivity index (χ3n) is 6.86. The molecule has 0 bridgehead atoms. The van der Waals surface area contributed by atoms with Gasteiger partial charge in [0, 0.05) is 6.92 Å². The van der Waals surface area contributed by atoms with Gasteiger partial charge in [0.2, 0.25) is 0 Å². The van der Waals surface area contributed by atoms with Gasteiger partial charge in [-0.15, -0.1) is 0 Å². The first-order valence-corrected chi connectivity index (χ1v) is 9.63. The van der Waals surface area contributed by atoms with Crippen LogP contribution in [0.15, 0.2) is 23.8 Å². The number of carbonyl (C=O) groups excluding carboxylic acids is 1. The highest BCUT2D eigenvalue weighted by atomic mass is 16.5. The van der Waals surface area contributed by atoms with Crippen molar-refractivity contribution < 1.29 is 9.53 Å². The van der Waals surface area contributed by atoms with E-state index in [2.05, 4.69) is 40.3 Å². The maximum Gasteiger partial charge on any atom is 0.302 e. The molecule has 136 valence electrons. The molecular weight excluding hydrogens is 296 g/mol. The fourth-order valence-electron chi connectivity index (χ4n) is 5.58. The van der Waals surface area contributed by atoms with Crippen molar-refractivity contribution in [3.63, 3.8) is 0 Å². The zero-order valence-corrected chi connectivity index (χ0v) is 16.4. The molecule has 2 heteroatoms. The Morgan fingerprint density at radius 2 is 2.00 bits per heavy atom. The highest BCUT2D eigenvalue weighted by Gasteiger charge is 2.52. The molecule has 0 saturated heterocycles. The van der Waals surface area contributed by atoms with Crippen LogP contribution in [0.25, 0.3) is 0 Å². The number of ether oxygens (including phenoxy) is 1. The van der Waals surface area contributed by atoms with Gasteiger partial charge in [-0.25, -0.2) is 0 Å². The van der Waals surface area contributed by atoms with E-state index in [0.717, 1.165) is 12.3 Å². The van der Waals surface area contributed by atoms with Crippen LogP contribution in [-0.2, 0) is 9.53 Å². The van der Waals surface area contributed by atoms with Gasteiger partial charge in [0.05, 0.1) is 0 Å². The molecular formula is C22H36O2. The summed E-state index contributed by atoms with van der Waals surface area (Å²) in [6.45, 7) is 16.0. The molecule has 2 aliphatic carbocycles. The Balaban J connectivity index is 2.04. The second-order valence-corrected chi connectivity index (χ2v) is 9.04. The summed E-state index contributed by atoms with van der Waals surface area (Å²) in [6.07, 6.45) is 10.9. The Morgan fingerprint density at radius 1 is 1.29 bits per heavy atom. The van der Waals surface area contributed by atoms with Crippen molar-refractivity contribution in [3.8, 4) is 0 Å². The maximum atomic E-state index is 10.9. The lowest BCUT2D eigenvalue weighted by molar-refractivity contribution is -0.139. The summed E-state index contributed by atoms with van der Waals surface area (Å²) >= 11 is 0. The third-order valence-corrected chi connectivity index (χ3v) is 6.86. The standard InChI is InChI=1S/C22H36O2/c1-16(12-15-24-18(3)23)8-10-19-17(2)9-11-20-21(4,5)13-7-14-22(19,20)6/h12,19-20H,2,7-11,13-15H2,1,3-6H3/b16-12+/t19-,20-,22+/m0/s1. The number of esters is 1. The highest BCUT2D eigenvalue weighted by molar-refractivity contribution is 5.66. The van der Waals surface area contributed by atoms with Gasteiger partial charge in [0.1, 0.15) is 6.61 Å². The summed E-state index contributed by atoms with van der Waals surface area (Å²) in [6, 6.07) is 0. The van der Waals surface area contributed by atoms with E-state index in [4.69, 9.17) is 4.74 Å². The summed E-state index contributed by atoms with van der Waals surface area (Å²) < 4.78 is 5.03. The van der Waals surface area contributed by atoms with E-state index < -0.39 is 0 Å². The van der Waals surface area contributed by atoms with Gasteiger partial charge in [-0.1, -0.05) is 44.9 Å². The van der Waals surface area contributed by atoms with E-state index in [9.17, 15) is 4.79 Å². The molecule has 2 saturated carbocycles. The lowest BCUT2D eigenvalue weighted by atomic mass is 9.47. The lowest BCUT2D eigenvalue weighted by Gasteiger charge is -2.58. The van der Waals surface area contributed by atoms with Crippen LogP contribution in [0.5, 0.6) is 0 Å². The average molecular weight is 333 g/mol. The van der Waals surface area contributed by atoms with Gasteiger partial charge in [-0.2, -0.15) is 0 Å². The third kappa shape index (κ3) is 4.13. The lowest BCUT2D eigenvalue weighted by Crippen LogP contribution is -2.49. The number of hydrogen-bond donors (Lipinski definition) is 0. The number of allylic oxidation sites excluding steroid dienone is 2. The van der Waals surface area contributed by atoms with Gasteiger partial charge in [-0.3, -0.25) is 4.79 Å². The Kier molecular flexibility index (Phi) is 5.99. The Bertz CT molecular complexity index is 514. The van der Waals surface area contributed by atoms with Gasteiger partial charge in [0.15, 0.2) is 0 Å². The molecule has 0 unspecified atom stereocenters. The minimum absolute atomic E-state index is 0.209. The van der Waals surface area contributed by atoms with Gasteiger partial charge in [-0.05, 0) is 74.2 Å². The van der Waals surface area contributed by atoms with Crippen molar-refractivity contribution in [2.45, 2.75) is 79.6 Å². The molecule has 2 aliphatic rings. The normalized spacial score (nSPS) is 33.0. The molecule has 0 spiro atoms. The zero-order valence-electron chi connectivity index (χ0n) is 16.4. The minimum Gasteiger partial charge on any atom is -0.462 e. The van der Waals surface area contributed by atoms with Crippen molar-refractivity contribution in [2.75, 3.05) is 6.61 Å². The summed E-state index contributed by atoms with van der Waals surface area (Å²) in [4.78, 5) is 10.9. The minimum atomic E-state index is -0.209. The van der Waals surface area contributed by atoms with Crippen molar-refractivity contribution in [3.05, 3.63) is 23.8 Å². The van der Waals surface area contributed by atoms with Crippen LogP contribution in [0.2, 0.25) is 0 Å². The fraction of sp³-hybridized carbons (Fsp3) is 0.773. The molecule has 24 heavy (non-hydrogen) atoms. The molecule has 0 aliphatic heterocycles. The van der Waals surface area contributed by atoms with Crippen LogP contribution in [-0.4, -0.2) is 12.6 Å². The molecule has 0 aromatic heterocycles. The van der Waals surface area contributed by atoms with E-state index in [0.29, 0.717) is 23.4 Å². The summed E-state index contributed by atoms with van der Waals surface area (Å²) in [7, 11) is 0. The van der Waals surface area contributed by atoms with Crippen LogP contribution in [0, 0.1) is 22.7 Å². The van der Waals surface area contributed by atoms with E-state index in [1.54, 1.807) is 0 Å². The summed E-state index contributed by atoms with van der Waals surface area (Å²) in [5.41, 5.74) is 3.67. The zero-order chi connectivity index (χ0) is 18.0. The van der Waals surface area contributed by atoms with Crippen molar-refractivity contribution in [2.24, 2.45) is 22.7 Å². The van der Waals surface area contributed by atoms with E-state index in [1.807, 2.05) is 0 Å². The topological polar surface area (TPSA) is 26.3 Å². The van der Waals surface area contributed by atoms with Crippen molar-refractivity contribution >= 4 is 5.97 Å². The summed E-state index contributed by atoms with van der Waals surface area (Å²) in [5, 5.41) is 0. The van der Waals surface area contributed by atoms with Gasteiger partial charge < -0.3 is 4.74 Å². The van der Waals surface area contributed by atoms with Crippen LogP contribution in [0.1, 0.15) is 79.6 Å². The predicted octanol–water partition coefficient (Wildman–Crippen LogP) is 6.07. The molecule has 0 aromatic rings. The van der Waals surface area contributed by atoms with Crippen molar-refractivity contribution in [1.29, 1.82) is 0 Å². The Morgan fingerprint density at radius 3 is 2.67 bits per heavy atom. The first-order valence-electron chi connectivity index (χ1n) is 9.63. The molecule has 0 aromatic carbocycles. The highest BCUT2D eigenvalue weighted by Crippen LogP contribution is 2.61. The first kappa shape index (κ1) is 19.3. The van der Waals surface area contributed by atoms with Crippen LogP contribution < -0.4 is 0 Å². The number of fused-ring (bicyclic) bond motifs is 1. The smallest absolute Gasteiger partial charge is 0.302 e. The number of hydrogen-bond acceptors (Lipinski definition) is 2. The monoisotopic (exact) mass is 332 g/mol. The number of carbonyl (C=O) groups is 1. The van der Waals surface area contributed by atoms with Crippen molar-refractivity contribution in [1.82, 2.24) is 0 Å². The predicted molar refractivity (Wildman–Crippen MR) is 101 cm³/mol. The molecule has 0 amide bonds. The van der Waals surface area contributed by atoms with Crippen LogP contribution in [0.4, 0.5) is 0 Å². The molecule has 3 atom stereocenters. The molecule has 0 radical (unpaired) electrons. The fourth-order valence-corrected chi connectivity index (χ4v) is 5.58. The molecule has 0 N–H and O–H groups in total. The SMILES string of the molecule is C=C1CC[C@H]2C(C)(C)CCC[C@]2(C)[C@H]1CC/C(C)=C/COC(C)=O. The van der Waals surface area contributed by atoms with Crippen LogP contribution >= 0.6 is 0 Å². The van der Waals surface area contributed by atoms with E-state index >= 15 is 0 Å². The second kappa shape index (κ2) is 7.45. The quantitative estimate of drug-likeness (QED) is 0.451. The molecule has 2 rings (SSSR count). The van der Waals surface area contributed by atoms with E-state index in [-0.39, 0.29) is 5.97 Å². The molecule has 0 heterocycles. The van der Waals surface area contributed by atoms with E-state index in [1.165, 1.54) is 56.6 Å². The number of rotatable bonds is 5. The van der Waals surface area contributed by atoms with Gasteiger partial charge >= 0.3 is 5.97 Å². The maximum absolute atomic E-state index is 10.9. The Hall–Kier alpha value is -1.05.